The largest absolute Gasteiger partial charge is 0.311 e. The van der Waals surface area contributed by atoms with E-state index in [9.17, 15) is 0 Å². The third-order valence-electron chi connectivity index (χ3n) is 3.19. The lowest BCUT2D eigenvalue weighted by Gasteiger charge is -2.27. The molecule has 1 aromatic carbocycles. The zero-order chi connectivity index (χ0) is 11.1. The van der Waals surface area contributed by atoms with Crippen molar-refractivity contribution in [3.05, 3.63) is 40.4 Å². The normalized spacial score (nSPS) is 15.1. The van der Waals surface area contributed by atoms with Gasteiger partial charge < -0.3 is 5.32 Å². The molecule has 2 rings (SSSR count). The van der Waals surface area contributed by atoms with Gasteiger partial charge in [-0.25, -0.2) is 0 Å². The Morgan fingerprint density at radius 3 is 2.73 bits per heavy atom. The van der Waals surface area contributed by atoms with E-state index in [1.807, 2.05) is 19.2 Å². The maximum Gasteiger partial charge on any atom is 0.0484 e. The molecule has 0 aliphatic heterocycles. The molecule has 0 unspecified atom stereocenters. The number of allylic oxidation sites excluding steroid dienone is 1. The monoisotopic (exact) mass is 221 g/mol. The Bertz CT molecular complexity index is 419. The highest BCUT2D eigenvalue weighted by atomic mass is 35.5. The summed E-state index contributed by atoms with van der Waals surface area (Å²) in [4.78, 5) is 0. The molecule has 1 aliphatic carbocycles. The summed E-state index contributed by atoms with van der Waals surface area (Å²) in [5.74, 6) is 0. The molecule has 15 heavy (non-hydrogen) atoms. The molecule has 80 valence electrons. The van der Waals surface area contributed by atoms with Crippen LogP contribution in [0.2, 0.25) is 5.02 Å². The van der Waals surface area contributed by atoms with Gasteiger partial charge in [0.1, 0.15) is 0 Å². The number of hydrogen-bond acceptors (Lipinski definition) is 1. The van der Waals surface area contributed by atoms with Gasteiger partial charge in [-0.3, -0.25) is 0 Å². The summed E-state index contributed by atoms with van der Waals surface area (Å²) in [7, 11) is 1.98. The number of hydrogen-bond donors (Lipinski definition) is 1. The van der Waals surface area contributed by atoms with Gasteiger partial charge >= 0.3 is 0 Å². The Balaban J connectivity index is 2.51. The second kappa shape index (κ2) is 3.66. The Morgan fingerprint density at radius 2 is 2.07 bits per heavy atom. The standard InChI is InChI=1S/C13H16ClN/c1-13(2,15-3)10-8-7-9-5-4-6-11(14)12(9)10/h4-6,8,15H,7H2,1-3H3. The number of nitrogens with one attached hydrogen (secondary N) is 1. The van der Waals surface area contributed by atoms with Crippen molar-refractivity contribution in [1.82, 2.24) is 5.32 Å². The maximum absolute atomic E-state index is 6.26. The lowest BCUT2D eigenvalue weighted by molar-refractivity contribution is 0.546. The average molecular weight is 222 g/mol. The van der Waals surface area contributed by atoms with Crippen molar-refractivity contribution in [1.29, 1.82) is 0 Å². The zero-order valence-electron chi connectivity index (χ0n) is 9.39. The first-order valence-corrected chi connectivity index (χ1v) is 5.61. The van der Waals surface area contributed by atoms with Crippen molar-refractivity contribution < 1.29 is 0 Å². The molecular formula is C13H16ClN. The Hall–Kier alpha value is -0.790. The molecule has 1 N–H and O–H groups in total. The van der Waals surface area contributed by atoms with Crippen LogP contribution < -0.4 is 5.32 Å². The van der Waals surface area contributed by atoms with Crippen LogP contribution in [0.1, 0.15) is 25.0 Å². The smallest absolute Gasteiger partial charge is 0.0484 e. The van der Waals surface area contributed by atoms with Gasteiger partial charge in [0, 0.05) is 16.1 Å². The quantitative estimate of drug-likeness (QED) is 0.808. The van der Waals surface area contributed by atoms with Crippen LogP contribution in [0.5, 0.6) is 0 Å². The van der Waals surface area contributed by atoms with Crippen LogP contribution in [0, 0.1) is 0 Å². The van der Waals surface area contributed by atoms with E-state index in [1.165, 1.54) is 16.7 Å². The molecular weight excluding hydrogens is 206 g/mol. The molecule has 0 saturated carbocycles. The minimum absolute atomic E-state index is 0.0176. The minimum Gasteiger partial charge on any atom is -0.311 e. The van der Waals surface area contributed by atoms with Crippen LogP contribution in [0.25, 0.3) is 5.57 Å². The second-order valence-corrected chi connectivity index (χ2v) is 4.88. The van der Waals surface area contributed by atoms with E-state index in [4.69, 9.17) is 11.6 Å². The van der Waals surface area contributed by atoms with Crippen LogP contribution in [-0.4, -0.2) is 12.6 Å². The van der Waals surface area contributed by atoms with Gasteiger partial charge in [-0.1, -0.05) is 29.8 Å². The van der Waals surface area contributed by atoms with E-state index in [2.05, 4.69) is 31.3 Å². The van der Waals surface area contributed by atoms with Gasteiger partial charge in [-0.2, -0.15) is 0 Å². The van der Waals surface area contributed by atoms with E-state index in [0.717, 1.165) is 11.4 Å². The van der Waals surface area contributed by atoms with E-state index in [1.54, 1.807) is 0 Å². The Morgan fingerprint density at radius 1 is 1.33 bits per heavy atom. The fourth-order valence-corrected chi connectivity index (χ4v) is 2.35. The summed E-state index contributed by atoms with van der Waals surface area (Å²) in [6.07, 6.45) is 3.27. The summed E-state index contributed by atoms with van der Waals surface area (Å²) in [5.41, 5.74) is 3.85. The molecule has 0 spiro atoms. The third kappa shape index (κ3) is 1.70. The highest BCUT2D eigenvalue weighted by molar-refractivity contribution is 6.32. The predicted molar refractivity (Wildman–Crippen MR) is 66.3 cm³/mol. The molecule has 1 aliphatic rings. The van der Waals surface area contributed by atoms with Crippen LogP contribution in [0.15, 0.2) is 24.3 Å². The van der Waals surface area contributed by atoms with Crippen LogP contribution in [0.3, 0.4) is 0 Å². The second-order valence-electron chi connectivity index (χ2n) is 4.47. The van der Waals surface area contributed by atoms with Crippen LogP contribution in [-0.2, 0) is 6.42 Å². The SMILES string of the molecule is CNC(C)(C)C1=CCc2cccc(Cl)c21. The van der Waals surface area contributed by atoms with Gasteiger partial charge in [-0.15, -0.1) is 0 Å². The average Bonchev–Trinajstić information content (AvgIpc) is 2.63. The molecule has 0 saturated heterocycles. The van der Waals surface area contributed by atoms with Gasteiger partial charge in [-0.05, 0) is 44.5 Å². The third-order valence-corrected chi connectivity index (χ3v) is 3.51. The van der Waals surface area contributed by atoms with E-state index < -0.39 is 0 Å². The summed E-state index contributed by atoms with van der Waals surface area (Å²) in [6.45, 7) is 4.36. The van der Waals surface area contributed by atoms with Crippen molar-refractivity contribution in [2.24, 2.45) is 0 Å². The van der Waals surface area contributed by atoms with Crippen molar-refractivity contribution in [2.75, 3.05) is 7.05 Å². The van der Waals surface area contributed by atoms with Crippen LogP contribution in [0.4, 0.5) is 0 Å². The number of benzene rings is 1. The molecule has 0 amide bonds. The first kappa shape index (κ1) is 10.7. The molecule has 0 fully saturated rings. The molecule has 0 heterocycles. The first-order chi connectivity index (χ1) is 7.06. The van der Waals surface area contributed by atoms with Gasteiger partial charge in [0.05, 0.1) is 0 Å². The number of rotatable bonds is 2. The van der Waals surface area contributed by atoms with Crippen molar-refractivity contribution >= 4 is 17.2 Å². The minimum atomic E-state index is -0.0176. The molecule has 1 aromatic rings. The molecule has 2 heteroatoms. The number of likely N-dealkylation sites (N-methyl/N-ethyl adjacent to an activating group) is 1. The van der Waals surface area contributed by atoms with E-state index >= 15 is 0 Å². The van der Waals surface area contributed by atoms with Gasteiger partial charge in [0.15, 0.2) is 0 Å². The summed E-state index contributed by atoms with van der Waals surface area (Å²) in [5, 5.41) is 4.19. The fraction of sp³-hybridized carbons (Fsp3) is 0.385. The van der Waals surface area contributed by atoms with Gasteiger partial charge in [0.2, 0.25) is 0 Å². The molecule has 0 radical (unpaired) electrons. The lowest BCUT2D eigenvalue weighted by Crippen LogP contribution is -2.37. The van der Waals surface area contributed by atoms with Crippen molar-refractivity contribution in [2.45, 2.75) is 25.8 Å². The summed E-state index contributed by atoms with van der Waals surface area (Å²) >= 11 is 6.26. The predicted octanol–water partition coefficient (Wildman–Crippen LogP) is 3.28. The van der Waals surface area contributed by atoms with E-state index in [0.29, 0.717) is 0 Å². The Labute approximate surface area is 96.1 Å². The van der Waals surface area contributed by atoms with Crippen LogP contribution >= 0.6 is 11.6 Å². The van der Waals surface area contributed by atoms with E-state index in [-0.39, 0.29) is 5.54 Å². The van der Waals surface area contributed by atoms with Crippen molar-refractivity contribution in [3.63, 3.8) is 0 Å². The highest BCUT2D eigenvalue weighted by Gasteiger charge is 2.28. The van der Waals surface area contributed by atoms with Crippen molar-refractivity contribution in [3.8, 4) is 0 Å². The molecule has 1 nitrogen and oxygen atoms in total. The zero-order valence-corrected chi connectivity index (χ0v) is 10.2. The number of fused-ring (bicyclic) bond motifs is 1. The molecule has 0 aromatic heterocycles. The number of halogens is 1. The topological polar surface area (TPSA) is 12.0 Å². The Kier molecular flexibility index (Phi) is 2.61. The summed E-state index contributed by atoms with van der Waals surface area (Å²) < 4.78 is 0. The lowest BCUT2D eigenvalue weighted by atomic mass is 9.90. The highest BCUT2D eigenvalue weighted by Crippen LogP contribution is 2.38. The molecule has 0 atom stereocenters. The first-order valence-electron chi connectivity index (χ1n) is 5.23. The fourth-order valence-electron chi connectivity index (χ4n) is 2.06. The van der Waals surface area contributed by atoms with Gasteiger partial charge in [0.25, 0.3) is 0 Å². The summed E-state index contributed by atoms with van der Waals surface area (Å²) in [6, 6.07) is 6.13. The maximum atomic E-state index is 6.26. The molecule has 0 bridgehead atoms.